The van der Waals surface area contributed by atoms with Gasteiger partial charge in [0.1, 0.15) is 4.60 Å². The zero-order chi connectivity index (χ0) is 13.1. The van der Waals surface area contributed by atoms with E-state index in [2.05, 4.69) is 46.9 Å². The molecule has 18 heavy (non-hydrogen) atoms. The average Bonchev–Trinajstić information content (AvgIpc) is 2.71. The number of azide groups is 1. The number of amides is 1. The van der Waals surface area contributed by atoms with Gasteiger partial charge in [0.25, 0.3) is 0 Å². The van der Waals surface area contributed by atoms with Crippen molar-refractivity contribution in [3.8, 4) is 0 Å². The Labute approximate surface area is 120 Å². The maximum Gasteiger partial charge on any atom is 0.227 e. The van der Waals surface area contributed by atoms with Crippen LogP contribution in [0.4, 0.5) is 5.69 Å². The molecule has 1 aromatic rings. The predicted octanol–water partition coefficient (Wildman–Crippen LogP) is 3.27. The maximum atomic E-state index is 11.9. The summed E-state index contributed by atoms with van der Waals surface area (Å²) >= 11 is 6.64. The fourth-order valence-electron chi connectivity index (χ4n) is 1.86. The Bertz CT molecular complexity index is 529. The van der Waals surface area contributed by atoms with Crippen LogP contribution in [-0.2, 0) is 4.79 Å². The van der Waals surface area contributed by atoms with E-state index in [1.807, 2.05) is 6.07 Å². The molecule has 0 saturated carbocycles. The minimum atomic E-state index is 0.0316. The van der Waals surface area contributed by atoms with Crippen LogP contribution in [0.3, 0.4) is 0 Å². The number of rotatable bonds is 3. The lowest BCUT2D eigenvalue weighted by Crippen LogP contribution is -2.24. The van der Waals surface area contributed by atoms with Gasteiger partial charge in [-0.05, 0) is 49.4 Å². The minimum Gasteiger partial charge on any atom is -0.311 e. The third-order valence-electron chi connectivity index (χ3n) is 2.70. The maximum absolute atomic E-state index is 11.9. The lowest BCUT2D eigenvalue weighted by atomic mass is 10.1. The van der Waals surface area contributed by atoms with Gasteiger partial charge in [0.2, 0.25) is 5.91 Å². The van der Waals surface area contributed by atoms with Gasteiger partial charge >= 0.3 is 0 Å². The Kier molecular flexibility index (Phi) is 4.21. The number of anilines is 1. The van der Waals surface area contributed by atoms with Crippen molar-refractivity contribution in [2.24, 2.45) is 11.0 Å². The van der Waals surface area contributed by atoms with Crippen molar-refractivity contribution in [3.05, 3.63) is 31.8 Å². The summed E-state index contributed by atoms with van der Waals surface area (Å²) < 4.78 is 1.50. The van der Waals surface area contributed by atoms with Gasteiger partial charge in [0.15, 0.2) is 0 Å². The summed E-state index contributed by atoms with van der Waals surface area (Å²) in [7, 11) is 0. The van der Waals surface area contributed by atoms with E-state index < -0.39 is 0 Å². The van der Waals surface area contributed by atoms with Crippen LogP contribution in [-0.4, -0.2) is 24.0 Å². The number of nitrogens with zero attached hydrogens (tertiary/aromatic N) is 5. The summed E-state index contributed by atoms with van der Waals surface area (Å²) in [6.45, 7) is 0.914. The van der Waals surface area contributed by atoms with Gasteiger partial charge in [0, 0.05) is 24.4 Å². The van der Waals surface area contributed by atoms with E-state index in [0.29, 0.717) is 24.1 Å². The summed E-state index contributed by atoms with van der Waals surface area (Å²) in [6, 6.07) is 1.84. The molecule has 94 valence electrons. The number of halogens is 2. The second kappa shape index (κ2) is 5.69. The first-order valence-corrected chi connectivity index (χ1v) is 6.82. The first kappa shape index (κ1) is 13.3. The summed E-state index contributed by atoms with van der Waals surface area (Å²) in [5.41, 5.74) is 9.03. The van der Waals surface area contributed by atoms with Gasteiger partial charge in [-0.3, -0.25) is 4.79 Å². The van der Waals surface area contributed by atoms with E-state index in [1.165, 1.54) is 0 Å². The quantitative estimate of drug-likeness (QED) is 0.352. The number of hydrogen-bond donors (Lipinski definition) is 0. The molecule has 1 aliphatic heterocycles. The molecular weight excluding hydrogens is 366 g/mol. The average molecular weight is 375 g/mol. The van der Waals surface area contributed by atoms with Crippen molar-refractivity contribution in [3.63, 3.8) is 0 Å². The highest BCUT2D eigenvalue weighted by Gasteiger charge is 2.30. The molecule has 0 bridgehead atoms. The lowest BCUT2D eigenvalue weighted by molar-refractivity contribution is -0.117. The summed E-state index contributed by atoms with van der Waals surface area (Å²) in [5, 5.41) is 3.52. The molecule has 2 heterocycles. The Morgan fingerprint density at radius 3 is 3.06 bits per heavy atom. The normalized spacial score (nSPS) is 18.9. The third kappa shape index (κ3) is 2.82. The van der Waals surface area contributed by atoms with Crippen LogP contribution < -0.4 is 4.90 Å². The van der Waals surface area contributed by atoms with Crippen LogP contribution >= 0.6 is 31.9 Å². The Balaban J connectivity index is 2.16. The van der Waals surface area contributed by atoms with Crippen LogP contribution in [0.1, 0.15) is 6.42 Å². The third-order valence-corrected chi connectivity index (χ3v) is 4.47. The highest BCUT2D eigenvalue weighted by molar-refractivity contribution is 9.13. The molecule has 0 aliphatic carbocycles. The zero-order valence-corrected chi connectivity index (χ0v) is 12.4. The SMILES string of the molecule is [N-]=[N+]=NCC1CC(=O)N(c2cnc(Br)c(Br)c2)C1. The van der Waals surface area contributed by atoms with E-state index >= 15 is 0 Å². The largest absolute Gasteiger partial charge is 0.311 e. The molecule has 1 atom stereocenters. The molecule has 8 heteroatoms. The van der Waals surface area contributed by atoms with Crippen molar-refractivity contribution in [2.75, 3.05) is 18.0 Å². The molecule has 0 N–H and O–H groups in total. The molecule has 0 spiro atoms. The second-order valence-corrected chi connectivity index (χ2v) is 5.56. The van der Waals surface area contributed by atoms with Crippen molar-refractivity contribution < 1.29 is 4.79 Å². The molecule has 1 fully saturated rings. The molecule has 1 amide bonds. The van der Waals surface area contributed by atoms with Gasteiger partial charge < -0.3 is 4.90 Å². The van der Waals surface area contributed by atoms with E-state index in [0.717, 1.165) is 10.2 Å². The fourth-order valence-corrected chi connectivity index (χ4v) is 2.42. The summed E-state index contributed by atoms with van der Waals surface area (Å²) in [6.07, 6.45) is 2.05. The van der Waals surface area contributed by atoms with Crippen molar-refractivity contribution in [2.45, 2.75) is 6.42 Å². The zero-order valence-electron chi connectivity index (χ0n) is 9.25. The molecule has 1 aliphatic rings. The van der Waals surface area contributed by atoms with Crippen LogP contribution in [0.15, 0.2) is 26.5 Å². The molecule has 0 radical (unpaired) electrons. The minimum absolute atomic E-state index is 0.0316. The Morgan fingerprint density at radius 1 is 1.61 bits per heavy atom. The van der Waals surface area contributed by atoms with Crippen molar-refractivity contribution in [1.82, 2.24) is 4.98 Å². The highest BCUT2D eigenvalue weighted by Crippen LogP contribution is 2.29. The lowest BCUT2D eigenvalue weighted by Gasteiger charge is -2.16. The van der Waals surface area contributed by atoms with E-state index in [-0.39, 0.29) is 11.8 Å². The van der Waals surface area contributed by atoms with Gasteiger partial charge in [-0.15, -0.1) is 0 Å². The van der Waals surface area contributed by atoms with Crippen LogP contribution in [0.5, 0.6) is 0 Å². The molecule has 2 rings (SSSR count). The van der Waals surface area contributed by atoms with Gasteiger partial charge in [-0.25, -0.2) is 4.98 Å². The fraction of sp³-hybridized carbons (Fsp3) is 0.400. The van der Waals surface area contributed by atoms with E-state index in [4.69, 9.17) is 5.53 Å². The molecule has 1 aromatic heterocycles. The second-order valence-electron chi connectivity index (χ2n) is 3.95. The van der Waals surface area contributed by atoms with Gasteiger partial charge in [0.05, 0.1) is 16.4 Å². The number of carbonyl (C=O) groups excluding carboxylic acids is 1. The van der Waals surface area contributed by atoms with Crippen LogP contribution in [0.2, 0.25) is 0 Å². The summed E-state index contributed by atoms with van der Waals surface area (Å²) in [5.74, 6) is 0.111. The smallest absolute Gasteiger partial charge is 0.227 e. The Morgan fingerprint density at radius 2 is 2.39 bits per heavy atom. The topological polar surface area (TPSA) is 82.0 Å². The first-order valence-electron chi connectivity index (χ1n) is 5.24. The Hall–Kier alpha value is -1.11. The van der Waals surface area contributed by atoms with E-state index in [1.54, 1.807) is 11.1 Å². The molecular formula is C10H9Br2N5O. The highest BCUT2D eigenvalue weighted by atomic mass is 79.9. The predicted molar refractivity (Wildman–Crippen MR) is 74.1 cm³/mol. The molecule has 6 nitrogen and oxygen atoms in total. The number of pyridine rings is 1. The molecule has 1 unspecified atom stereocenters. The molecule has 0 aromatic carbocycles. The molecule has 1 saturated heterocycles. The summed E-state index contributed by atoms with van der Waals surface area (Å²) in [4.78, 5) is 20.4. The van der Waals surface area contributed by atoms with Crippen molar-refractivity contribution in [1.29, 1.82) is 0 Å². The first-order chi connectivity index (χ1) is 8.61. The number of hydrogen-bond acceptors (Lipinski definition) is 3. The van der Waals surface area contributed by atoms with Gasteiger partial charge in [-0.2, -0.15) is 0 Å². The van der Waals surface area contributed by atoms with Crippen LogP contribution in [0.25, 0.3) is 10.4 Å². The van der Waals surface area contributed by atoms with E-state index in [9.17, 15) is 4.79 Å². The monoisotopic (exact) mass is 373 g/mol. The van der Waals surface area contributed by atoms with Crippen LogP contribution in [0, 0.1) is 5.92 Å². The number of aromatic nitrogens is 1. The number of carbonyl (C=O) groups is 1. The standard InChI is InChI=1S/C10H9Br2N5O/c11-8-2-7(4-14-10(8)12)17-5-6(1-9(17)18)3-15-16-13/h2,4,6H,1,3,5H2. The van der Waals surface area contributed by atoms with Gasteiger partial charge in [-0.1, -0.05) is 5.11 Å². The van der Waals surface area contributed by atoms with Crippen molar-refractivity contribution >= 4 is 43.5 Å².